The number of hydrogen-bond acceptors (Lipinski definition) is 4. The third-order valence-corrected chi connectivity index (χ3v) is 2.25. The summed E-state index contributed by atoms with van der Waals surface area (Å²) >= 11 is 0. The number of nitrogens with zero attached hydrogens (tertiary/aromatic N) is 3. The van der Waals surface area contributed by atoms with E-state index in [4.69, 9.17) is 5.73 Å². The Morgan fingerprint density at radius 1 is 1.18 bits per heavy atom. The lowest BCUT2D eigenvalue weighted by Crippen LogP contribution is -2.10. The molecule has 4 nitrogen and oxygen atoms in total. The fourth-order valence-corrected chi connectivity index (χ4v) is 1.49. The number of aromatic nitrogens is 3. The van der Waals surface area contributed by atoms with Gasteiger partial charge in [-0.15, -0.1) is 0 Å². The number of alkyl halides is 3. The quantitative estimate of drug-likeness (QED) is 0.867. The molecule has 2 N–H and O–H groups in total. The lowest BCUT2D eigenvalue weighted by molar-refractivity contribution is -0.141. The van der Waals surface area contributed by atoms with Crippen LogP contribution in [-0.2, 0) is 12.6 Å². The van der Waals surface area contributed by atoms with Crippen LogP contribution in [-0.4, -0.2) is 21.5 Å². The highest BCUT2D eigenvalue weighted by atomic mass is 19.4. The zero-order valence-corrected chi connectivity index (χ0v) is 8.70. The molecule has 0 bridgehead atoms. The van der Waals surface area contributed by atoms with Gasteiger partial charge < -0.3 is 5.73 Å². The highest BCUT2D eigenvalue weighted by Crippen LogP contribution is 2.28. The highest BCUT2D eigenvalue weighted by Gasteiger charge is 2.32. The van der Waals surface area contributed by atoms with Gasteiger partial charge in [0.15, 0.2) is 5.65 Å². The van der Waals surface area contributed by atoms with Crippen LogP contribution in [0.4, 0.5) is 13.2 Å². The lowest BCUT2D eigenvalue weighted by atomic mass is 10.2. The van der Waals surface area contributed by atoms with Crippen molar-refractivity contribution in [3.8, 4) is 0 Å². The molecule has 0 saturated heterocycles. The Hall–Kier alpha value is -1.76. The van der Waals surface area contributed by atoms with Gasteiger partial charge in [-0.3, -0.25) is 0 Å². The van der Waals surface area contributed by atoms with Crippen LogP contribution in [0.15, 0.2) is 18.5 Å². The van der Waals surface area contributed by atoms with Crippen LogP contribution in [0, 0.1) is 0 Å². The van der Waals surface area contributed by atoms with E-state index in [1.165, 1.54) is 12.4 Å². The molecule has 0 atom stereocenters. The molecule has 0 aromatic carbocycles. The number of pyridine rings is 1. The molecule has 0 aliphatic heterocycles. The van der Waals surface area contributed by atoms with Gasteiger partial charge in [-0.25, -0.2) is 15.0 Å². The summed E-state index contributed by atoms with van der Waals surface area (Å²) in [4.78, 5) is 11.2. The third-order valence-electron chi connectivity index (χ3n) is 2.25. The van der Waals surface area contributed by atoms with Crippen LogP contribution in [0.3, 0.4) is 0 Å². The molecule has 0 unspecified atom stereocenters. The van der Waals surface area contributed by atoms with Crippen molar-refractivity contribution in [2.75, 3.05) is 6.54 Å². The van der Waals surface area contributed by atoms with Gasteiger partial charge in [-0.05, 0) is 18.7 Å². The average molecular weight is 242 g/mol. The van der Waals surface area contributed by atoms with Crippen molar-refractivity contribution in [3.63, 3.8) is 0 Å². The molecular formula is C10H9F3N4. The van der Waals surface area contributed by atoms with Gasteiger partial charge in [0.25, 0.3) is 0 Å². The van der Waals surface area contributed by atoms with Gasteiger partial charge >= 0.3 is 6.18 Å². The summed E-state index contributed by atoms with van der Waals surface area (Å²) in [7, 11) is 0. The molecule has 0 fully saturated rings. The van der Waals surface area contributed by atoms with Crippen molar-refractivity contribution in [1.29, 1.82) is 0 Å². The molecule has 17 heavy (non-hydrogen) atoms. The predicted molar refractivity (Wildman–Crippen MR) is 55.1 cm³/mol. The number of rotatable bonds is 2. The second-order valence-electron chi connectivity index (χ2n) is 3.42. The molecule has 0 amide bonds. The van der Waals surface area contributed by atoms with E-state index in [-0.39, 0.29) is 5.65 Å². The van der Waals surface area contributed by atoms with Gasteiger partial charge in [0.05, 0.1) is 5.69 Å². The SMILES string of the molecule is NCCc1ncnc2nc(C(F)(F)F)ccc12. The van der Waals surface area contributed by atoms with Crippen LogP contribution < -0.4 is 5.73 Å². The first-order chi connectivity index (χ1) is 8.02. The maximum absolute atomic E-state index is 12.4. The third kappa shape index (κ3) is 2.33. The molecule has 0 radical (unpaired) electrons. The summed E-state index contributed by atoms with van der Waals surface area (Å²) in [6.07, 6.45) is -2.79. The van der Waals surface area contributed by atoms with Crippen LogP contribution in [0.25, 0.3) is 11.0 Å². The molecule has 0 aliphatic carbocycles. The van der Waals surface area contributed by atoms with Crippen molar-refractivity contribution in [3.05, 3.63) is 29.8 Å². The Balaban J connectivity index is 2.57. The Morgan fingerprint density at radius 2 is 1.94 bits per heavy atom. The molecule has 2 rings (SSSR count). The van der Waals surface area contributed by atoms with E-state index in [0.717, 1.165) is 6.07 Å². The molecule has 2 aromatic heterocycles. The van der Waals surface area contributed by atoms with Gasteiger partial charge in [0.2, 0.25) is 0 Å². The predicted octanol–water partition coefficient (Wildman–Crippen LogP) is 1.54. The summed E-state index contributed by atoms with van der Waals surface area (Å²) in [5.74, 6) is 0. The van der Waals surface area contributed by atoms with E-state index in [1.807, 2.05) is 0 Å². The summed E-state index contributed by atoms with van der Waals surface area (Å²) < 4.78 is 37.3. The Labute approximate surface area is 94.7 Å². The highest BCUT2D eigenvalue weighted by molar-refractivity contribution is 5.77. The maximum Gasteiger partial charge on any atom is 0.433 e. The maximum atomic E-state index is 12.4. The number of halogens is 3. The lowest BCUT2D eigenvalue weighted by Gasteiger charge is -2.07. The van der Waals surface area contributed by atoms with E-state index in [1.54, 1.807) is 0 Å². The minimum atomic E-state index is -4.47. The fraction of sp³-hybridized carbons (Fsp3) is 0.300. The van der Waals surface area contributed by atoms with Crippen molar-refractivity contribution in [1.82, 2.24) is 15.0 Å². The number of hydrogen-bond donors (Lipinski definition) is 1. The first-order valence-corrected chi connectivity index (χ1v) is 4.90. The Kier molecular flexibility index (Phi) is 2.93. The van der Waals surface area contributed by atoms with E-state index < -0.39 is 11.9 Å². The van der Waals surface area contributed by atoms with E-state index in [0.29, 0.717) is 24.0 Å². The smallest absolute Gasteiger partial charge is 0.330 e. The summed E-state index contributed by atoms with van der Waals surface area (Å²) in [5.41, 5.74) is 5.08. The van der Waals surface area contributed by atoms with E-state index >= 15 is 0 Å². The first-order valence-electron chi connectivity index (χ1n) is 4.90. The zero-order chi connectivity index (χ0) is 12.5. The van der Waals surface area contributed by atoms with E-state index in [2.05, 4.69) is 15.0 Å². The summed E-state index contributed by atoms with van der Waals surface area (Å²) in [6, 6.07) is 2.25. The largest absolute Gasteiger partial charge is 0.433 e. The fourth-order valence-electron chi connectivity index (χ4n) is 1.49. The van der Waals surface area contributed by atoms with Crippen molar-refractivity contribution in [2.45, 2.75) is 12.6 Å². The molecule has 0 aliphatic rings. The average Bonchev–Trinajstić information content (AvgIpc) is 2.28. The number of nitrogens with two attached hydrogens (primary N) is 1. The molecule has 2 aromatic rings. The normalized spacial score (nSPS) is 12.0. The second kappa shape index (κ2) is 4.25. The van der Waals surface area contributed by atoms with Crippen LogP contribution >= 0.6 is 0 Å². The van der Waals surface area contributed by atoms with Crippen molar-refractivity contribution >= 4 is 11.0 Å². The molecule has 7 heteroatoms. The van der Waals surface area contributed by atoms with Gasteiger partial charge in [0.1, 0.15) is 12.0 Å². The summed E-state index contributed by atoms with van der Waals surface area (Å²) in [5, 5.41) is 0.506. The monoisotopic (exact) mass is 242 g/mol. The minimum absolute atomic E-state index is 0.0401. The standard InChI is InChI=1S/C10H9F3N4/c11-10(12,13)8-2-1-6-7(3-4-14)15-5-16-9(6)17-8/h1-2,5H,3-4,14H2. The summed E-state index contributed by atoms with van der Waals surface area (Å²) in [6.45, 7) is 0.368. The molecule has 0 saturated carbocycles. The van der Waals surface area contributed by atoms with Gasteiger partial charge in [0, 0.05) is 11.8 Å². The van der Waals surface area contributed by atoms with Gasteiger partial charge in [-0.1, -0.05) is 0 Å². The first kappa shape index (κ1) is 11.7. The van der Waals surface area contributed by atoms with Crippen molar-refractivity contribution < 1.29 is 13.2 Å². The van der Waals surface area contributed by atoms with Crippen LogP contribution in [0.5, 0.6) is 0 Å². The van der Waals surface area contributed by atoms with Crippen molar-refractivity contribution in [2.24, 2.45) is 5.73 Å². The molecule has 90 valence electrons. The van der Waals surface area contributed by atoms with Gasteiger partial charge in [-0.2, -0.15) is 13.2 Å². The van der Waals surface area contributed by atoms with Crippen LogP contribution in [0.1, 0.15) is 11.4 Å². The number of fused-ring (bicyclic) bond motifs is 1. The Morgan fingerprint density at radius 3 is 2.59 bits per heavy atom. The second-order valence-corrected chi connectivity index (χ2v) is 3.42. The zero-order valence-electron chi connectivity index (χ0n) is 8.70. The van der Waals surface area contributed by atoms with E-state index in [9.17, 15) is 13.2 Å². The Bertz CT molecular complexity index is 539. The van der Waals surface area contributed by atoms with Crippen LogP contribution in [0.2, 0.25) is 0 Å². The molecular weight excluding hydrogens is 233 g/mol. The molecule has 2 heterocycles. The topological polar surface area (TPSA) is 64.7 Å². The minimum Gasteiger partial charge on any atom is -0.330 e. The molecule has 0 spiro atoms.